The van der Waals surface area contributed by atoms with Crippen LogP contribution in [0.25, 0.3) is 0 Å². The van der Waals surface area contributed by atoms with Crippen molar-refractivity contribution in [1.29, 1.82) is 0 Å². The predicted molar refractivity (Wildman–Crippen MR) is 121 cm³/mol. The average molecular weight is 495 g/mol. The lowest BCUT2D eigenvalue weighted by Gasteiger charge is -2.41. The Kier molecular flexibility index (Phi) is 10.8. The quantitative estimate of drug-likeness (QED) is 0.347. The van der Waals surface area contributed by atoms with Gasteiger partial charge in [0.1, 0.15) is 0 Å². The van der Waals surface area contributed by atoms with Crippen LogP contribution in [0.4, 0.5) is 0 Å². The molecule has 1 heterocycles. The lowest BCUT2D eigenvalue weighted by molar-refractivity contribution is -0.00254. The summed E-state index contributed by atoms with van der Waals surface area (Å²) >= 11 is 5.93. The molecule has 148 valence electrons. The maximum absolute atomic E-state index is 5.93. The molecular formula is C19H32ClIN4O. The fraction of sp³-hybridized carbons (Fsp3) is 0.632. The molecule has 0 radical (unpaired) electrons. The highest BCUT2D eigenvalue weighted by Gasteiger charge is 2.34. The highest BCUT2D eigenvalue weighted by atomic mass is 127. The summed E-state index contributed by atoms with van der Waals surface area (Å²) < 4.78 is 5.54. The summed E-state index contributed by atoms with van der Waals surface area (Å²) in [5.41, 5.74) is 1.36. The minimum absolute atomic E-state index is 0. The zero-order chi connectivity index (χ0) is 18.1. The Labute approximate surface area is 179 Å². The van der Waals surface area contributed by atoms with Crippen molar-refractivity contribution >= 4 is 41.5 Å². The van der Waals surface area contributed by atoms with Gasteiger partial charge < -0.3 is 20.3 Å². The molecule has 0 aliphatic carbocycles. The summed E-state index contributed by atoms with van der Waals surface area (Å²) in [4.78, 5) is 7.15. The molecule has 1 aromatic rings. The summed E-state index contributed by atoms with van der Waals surface area (Å²) in [6.45, 7) is 6.19. The van der Waals surface area contributed by atoms with Crippen molar-refractivity contribution in [2.45, 2.75) is 31.7 Å². The third-order valence-electron chi connectivity index (χ3n) is 4.87. The van der Waals surface area contributed by atoms with E-state index in [1.54, 1.807) is 0 Å². The largest absolute Gasteiger partial charge is 0.381 e. The Hall–Kier alpha value is -0.570. The van der Waals surface area contributed by atoms with Crippen LogP contribution in [0.5, 0.6) is 0 Å². The van der Waals surface area contributed by atoms with Crippen LogP contribution >= 0.6 is 35.6 Å². The van der Waals surface area contributed by atoms with Crippen molar-refractivity contribution in [1.82, 2.24) is 15.5 Å². The van der Waals surface area contributed by atoms with Crippen LogP contribution in [0.2, 0.25) is 5.02 Å². The first-order valence-electron chi connectivity index (χ1n) is 9.07. The normalized spacial score (nSPS) is 16.9. The monoisotopic (exact) mass is 494 g/mol. The van der Waals surface area contributed by atoms with Gasteiger partial charge in [0.25, 0.3) is 0 Å². The molecule has 1 aromatic carbocycles. The summed E-state index contributed by atoms with van der Waals surface area (Å²) in [7, 11) is 4.28. The Bertz CT molecular complexity index is 545. The summed E-state index contributed by atoms with van der Waals surface area (Å²) in [6.07, 6.45) is 2.98. The zero-order valence-electron chi connectivity index (χ0n) is 16.1. The van der Waals surface area contributed by atoms with Crippen molar-refractivity contribution < 1.29 is 4.74 Å². The fourth-order valence-electron chi connectivity index (χ4n) is 3.04. The topological polar surface area (TPSA) is 48.9 Å². The van der Waals surface area contributed by atoms with Crippen molar-refractivity contribution in [3.8, 4) is 0 Å². The van der Waals surface area contributed by atoms with Crippen molar-refractivity contribution in [2.24, 2.45) is 4.99 Å². The highest BCUT2D eigenvalue weighted by Crippen LogP contribution is 2.26. The smallest absolute Gasteiger partial charge is 0.191 e. The summed E-state index contributed by atoms with van der Waals surface area (Å²) in [6, 6.07) is 8.00. The zero-order valence-corrected chi connectivity index (χ0v) is 19.1. The van der Waals surface area contributed by atoms with Crippen LogP contribution in [0.1, 0.15) is 25.3 Å². The summed E-state index contributed by atoms with van der Waals surface area (Å²) in [5.74, 6) is 0.879. The van der Waals surface area contributed by atoms with Gasteiger partial charge in [0.05, 0.1) is 6.54 Å². The molecular weight excluding hydrogens is 463 g/mol. The van der Waals surface area contributed by atoms with Crippen LogP contribution in [-0.2, 0) is 11.2 Å². The number of benzene rings is 1. The van der Waals surface area contributed by atoms with Gasteiger partial charge in [-0.05, 0) is 58.0 Å². The molecule has 1 aliphatic heterocycles. The van der Waals surface area contributed by atoms with Gasteiger partial charge in [-0.1, -0.05) is 23.7 Å². The number of halogens is 2. The molecule has 0 saturated carbocycles. The number of hydrogen-bond donors (Lipinski definition) is 2. The van der Waals surface area contributed by atoms with Gasteiger partial charge in [-0.15, -0.1) is 24.0 Å². The molecule has 26 heavy (non-hydrogen) atoms. The SMILES string of the molecule is CCNC(=NCC1(N(C)C)CCOCC1)NCCc1ccc(Cl)cc1.I. The molecule has 0 aromatic heterocycles. The molecule has 1 aliphatic rings. The molecule has 7 heteroatoms. The number of nitrogens with zero attached hydrogens (tertiary/aromatic N) is 2. The van der Waals surface area contributed by atoms with E-state index in [0.29, 0.717) is 0 Å². The second-order valence-electron chi connectivity index (χ2n) is 6.73. The van der Waals surface area contributed by atoms with Gasteiger partial charge >= 0.3 is 0 Å². The Morgan fingerprint density at radius 3 is 2.42 bits per heavy atom. The third-order valence-corrected chi connectivity index (χ3v) is 5.12. The van der Waals surface area contributed by atoms with Crippen LogP contribution in [-0.4, -0.2) is 63.3 Å². The van der Waals surface area contributed by atoms with Crippen LogP contribution < -0.4 is 10.6 Å². The van der Waals surface area contributed by atoms with E-state index < -0.39 is 0 Å². The highest BCUT2D eigenvalue weighted by molar-refractivity contribution is 14.0. The van der Waals surface area contributed by atoms with E-state index in [1.807, 2.05) is 12.1 Å². The molecule has 0 unspecified atom stereocenters. The van der Waals surface area contributed by atoms with Crippen molar-refractivity contribution in [2.75, 3.05) is 46.9 Å². The molecule has 2 N–H and O–H groups in total. The first-order chi connectivity index (χ1) is 12.1. The fourth-order valence-corrected chi connectivity index (χ4v) is 3.17. The van der Waals surface area contributed by atoms with Gasteiger partial charge in [-0.3, -0.25) is 4.99 Å². The van der Waals surface area contributed by atoms with Gasteiger partial charge in [0.2, 0.25) is 0 Å². The lowest BCUT2D eigenvalue weighted by atomic mass is 9.89. The number of nitrogens with one attached hydrogen (secondary N) is 2. The van der Waals surface area contributed by atoms with E-state index in [0.717, 1.165) is 63.1 Å². The number of hydrogen-bond acceptors (Lipinski definition) is 3. The maximum Gasteiger partial charge on any atom is 0.191 e. The molecule has 2 rings (SSSR count). The minimum Gasteiger partial charge on any atom is -0.381 e. The van der Waals surface area contributed by atoms with E-state index in [9.17, 15) is 0 Å². The van der Waals surface area contributed by atoms with E-state index in [-0.39, 0.29) is 29.5 Å². The van der Waals surface area contributed by atoms with Crippen LogP contribution in [0, 0.1) is 0 Å². The van der Waals surface area contributed by atoms with Crippen molar-refractivity contribution in [3.63, 3.8) is 0 Å². The van der Waals surface area contributed by atoms with E-state index >= 15 is 0 Å². The Morgan fingerprint density at radius 2 is 1.85 bits per heavy atom. The Balaban J connectivity index is 0.00000338. The standard InChI is InChI=1S/C19H31ClN4O.HI/c1-4-21-18(22-12-9-16-5-7-17(20)8-6-16)23-15-19(24(2)3)10-13-25-14-11-19;/h5-8H,4,9-15H2,1-3H3,(H2,21,22,23);1H. The van der Waals surface area contributed by atoms with Gasteiger partial charge in [0.15, 0.2) is 5.96 Å². The van der Waals surface area contributed by atoms with Gasteiger partial charge in [-0.2, -0.15) is 0 Å². The van der Waals surface area contributed by atoms with Gasteiger partial charge in [-0.25, -0.2) is 0 Å². The Morgan fingerprint density at radius 1 is 1.19 bits per heavy atom. The molecule has 1 fully saturated rings. The average Bonchev–Trinajstić information content (AvgIpc) is 2.62. The second kappa shape index (κ2) is 12.0. The minimum atomic E-state index is 0. The van der Waals surface area contributed by atoms with Crippen LogP contribution in [0.15, 0.2) is 29.3 Å². The summed E-state index contributed by atoms with van der Waals surface area (Å²) in [5, 5.41) is 7.55. The van der Waals surface area contributed by atoms with E-state index in [1.165, 1.54) is 5.56 Å². The van der Waals surface area contributed by atoms with Gasteiger partial charge in [0, 0.05) is 36.9 Å². The molecule has 1 saturated heterocycles. The maximum atomic E-state index is 5.93. The first kappa shape index (κ1) is 23.5. The predicted octanol–water partition coefficient (Wildman–Crippen LogP) is 3.17. The second-order valence-corrected chi connectivity index (χ2v) is 7.17. The first-order valence-corrected chi connectivity index (χ1v) is 9.45. The van der Waals surface area contributed by atoms with Crippen LogP contribution in [0.3, 0.4) is 0 Å². The third kappa shape index (κ3) is 7.21. The number of guanidine groups is 1. The molecule has 0 atom stereocenters. The van der Waals surface area contributed by atoms with E-state index in [2.05, 4.69) is 48.7 Å². The molecule has 5 nitrogen and oxygen atoms in total. The molecule has 0 amide bonds. The van der Waals surface area contributed by atoms with E-state index in [4.69, 9.17) is 21.3 Å². The number of aliphatic imine (C=N–C) groups is 1. The van der Waals surface area contributed by atoms with Crippen molar-refractivity contribution in [3.05, 3.63) is 34.9 Å². The number of likely N-dealkylation sites (N-methyl/N-ethyl adjacent to an activating group) is 1. The molecule has 0 spiro atoms. The number of ether oxygens (including phenoxy) is 1. The molecule has 0 bridgehead atoms. The number of rotatable bonds is 7. The lowest BCUT2D eigenvalue weighted by Crippen LogP contribution is -2.51.